The van der Waals surface area contributed by atoms with E-state index in [1.54, 1.807) is 0 Å². The molecule has 1 aromatic heterocycles. The topological polar surface area (TPSA) is 32.3 Å². The lowest BCUT2D eigenvalue weighted by Crippen LogP contribution is -2.51. The van der Waals surface area contributed by atoms with Gasteiger partial charge in [0.05, 0.1) is 0 Å². The number of halogens is 1. The highest BCUT2D eigenvalue weighted by atomic mass is 35.5. The van der Waals surface area contributed by atoms with Crippen molar-refractivity contribution in [3.05, 3.63) is 22.2 Å². The van der Waals surface area contributed by atoms with Gasteiger partial charge in [-0.25, -0.2) is 9.97 Å². The van der Waals surface area contributed by atoms with E-state index in [9.17, 15) is 0 Å². The van der Waals surface area contributed by atoms with Crippen LogP contribution < -0.4 is 0 Å². The molecule has 0 amide bonds. The van der Waals surface area contributed by atoms with Crippen LogP contribution in [0.4, 0.5) is 0 Å². The van der Waals surface area contributed by atoms with E-state index in [0.29, 0.717) is 11.2 Å². The molecule has 0 N–H and O–H groups in total. The van der Waals surface area contributed by atoms with Gasteiger partial charge in [-0.15, -0.1) is 0 Å². The van der Waals surface area contributed by atoms with Gasteiger partial charge in [0, 0.05) is 43.4 Å². The number of hydrogen-bond acceptors (Lipinski definition) is 4. The van der Waals surface area contributed by atoms with Crippen LogP contribution in [0.1, 0.15) is 24.0 Å². The van der Waals surface area contributed by atoms with E-state index >= 15 is 0 Å². The molecule has 0 aliphatic carbocycles. The standard InChI is InChI=1S/C14H23ClN4/c1-5-12-10(2)14(15)17-13(16-12)8-11-9-18(3)6-7-19(11)4/h11H,5-9H2,1-4H3. The number of aromatic nitrogens is 2. The lowest BCUT2D eigenvalue weighted by Gasteiger charge is -2.37. The third-order valence-corrected chi connectivity index (χ3v) is 4.33. The van der Waals surface area contributed by atoms with Gasteiger partial charge in [0.25, 0.3) is 0 Å². The van der Waals surface area contributed by atoms with E-state index in [4.69, 9.17) is 11.6 Å². The van der Waals surface area contributed by atoms with Gasteiger partial charge in [-0.3, -0.25) is 0 Å². The maximum absolute atomic E-state index is 6.21. The van der Waals surface area contributed by atoms with Gasteiger partial charge in [0.1, 0.15) is 11.0 Å². The maximum Gasteiger partial charge on any atom is 0.135 e. The van der Waals surface area contributed by atoms with Crippen LogP contribution in [0.25, 0.3) is 0 Å². The summed E-state index contributed by atoms with van der Waals surface area (Å²) < 4.78 is 0. The summed E-state index contributed by atoms with van der Waals surface area (Å²) >= 11 is 6.21. The van der Waals surface area contributed by atoms with E-state index in [0.717, 1.165) is 49.6 Å². The maximum atomic E-state index is 6.21. The predicted octanol–water partition coefficient (Wildman–Crippen LogP) is 1.79. The van der Waals surface area contributed by atoms with E-state index < -0.39 is 0 Å². The van der Waals surface area contributed by atoms with Crippen molar-refractivity contribution in [1.82, 2.24) is 19.8 Å². The number of aryl methyl sites for hydroxylation is 1. The van der Waals surface area contributed by atoms with Crippen LogP contribution in [0.5, 0.6) is 0 Å². The van der Waals surface area contributed by atoms with Crippen LogP contribution in [0.2, 0.25) is 5.15 Å². The number of likely N-dealkylation sites (N-methyl/N-ethyl adjacent to an activating group) is 2. The first-order valence-corrected chi connectivity index (χ1v) is 7.29. The average Bonchev–Trinajstić information content (AvgIpc) is 2.38. The first-order valence-electron chi connectivity index (χ1n) is 6.92. The van der Waals surface area contributed by atoms with Gasteiger partial charge in [-0.1, -0.05) is 18.5 Å². The van der Waals surface area contributed by atoms with Crippen LogP contribution in [0.3, 0.4) is 0 Å². The third kappa shape index (κ3) is 3.44. The minimum Gasteiger partial charge on any atom is -0.304 e. The second-order valence-corrected chi connectivity index (χ2v) is 5.81. The van der Waals surface area contributed by atoms with Crippen molar-refractivity contribution in [2.75, 3.05) is 33.7 Å². The largest absolute Gasteiger partial charge is 0.304 e. The molecule has 1 aliphatic rings. The van der Waals surface area contributed by atoms with Gasteiger partial charge in [0.15, 0.2) is 0 Å². The molecule has 0 aromatic carbocycles. The van der Waals surface area contributed by atoms with E-state index in [2.05, 4.69) is 40.8 Å². The molecular formula is C14H23ClN4. The van der Waals surface area contributed by atoms with E-state index in [-0.39, 0.29) is 0 Å². The van der Waals surface area contributed by atoms with Crippen molar-refractivity contribution in [3.8, 4) is 0 Å². The van der Waals surface area contributed by atoms with E-state index in [1.807, 2.05) is 6.92 Å². The van der Waals surface area contributed by atoms with Crippen molar-refractivity contribution in [2.45, 2.75) is 32.7 Å². The minimum atomic E-state index is 0.474. The lowest BCUT2D eigenvalue weighted by molar-refractivity contribution is 0.113. The SMILES string of the molecule is CCc1nc(CC2CN(C)CCN2C)nc(Cl)c1C. The number of rotatable bonds is 3. The summed E-state index contributed by atoms with van der Waals surface area (Å²) in [6, 6.07) is 0.474. The molecule has 0 spiro atoms. The minimum absolute atomic E-state index is 0.474. The summed E-state index contributed by atoms with van der Waals surface area (Å²) in [5.74, 6) is 0.875. The van der Waals surface area contributed by atoms with E-state index in [1.165, 1.54) is 0 Å². The second-order valence-electron chi connectivity index (χ2n) is 5.46. The highest BCUT2D eigenvalue weighted by Crippen LogP contribution is 2.18. The molecule has 1 fully saturated rings. The zero-order chi connectivity index (χ0) is 14.0. The summed E-state index contributed by atoms with van der Waals surface area (Å²) in [6.07, 6.45) is 1.77. The predicted molar refractivity (Wildman–Crippen MR) is 78.8 cm³/mol. The molecule has 4 nitrogen and oxygen atoms in total. The van der Waals surface area contributed by atoms with Crippen LogP contribution in [-0.2, 0) is 12.8 Å². The van der Waals surface area contributed by atoms with Crippen molar-refractivity contribution >= 4 is 11.6 Å². The second kappa shape index (κ2) is 6.16. The Morgan fingerprint density at radius 3 is 2.68 bits per heavy atom. The number of piperazine rings is 1. The Hall–Kier alpha value is -0.710. The number of nitrogens with zero attached hydrogens (tertiary/aromatic N) is 4. The first-order chi connectivity index (χ1) is 9.01. The number of hydrogen-bond donors (Lipinski definition) is 0. The van der Waals surface area contributed by atoms with Gasteiger partial charge in [-0.2, -0.15) is 0 Å². The van der Waals surface area contributed by atoms with Crippen molar-refractivity contribution < 1.29 is 0 Å². The highest BCUT2D eigenvalue weighted by molar-refractivity contribution is 6.30. The van der Waals surface area contributed by atoms with Crippen molar-refractivity contribution in [3.63, 3.8) is 0 Å². The monoisotopic (exact) mass is 282 g/mol. The van der Waals surface area contributed by atoms with Gasteiger partial charge in [0.2, 0.25) is 0 Å². The normalized spacial score (nSPS) is 21.8. The fourth-order valence-electron chi connectivity index (χ4n) is 2.55. The lowest BCUT2D eigenvalue weighted by atomic mass is 10.1. The Balaban J connectivity index is 2.16. The quantitative estimate of drug-likeness (QED) is 0.791. The van der Waals surface area contributed by atoms with Crippen LogP contribution in [0, 0.1) is 6.92 Å². The van der Waals surface area contributed by atoms with Gasteiger partial charge < -0.3 is 9.80 Å². The van der Waals surface area contributed by atoms with Gasteiger partial charge >= 0.3 is 0 Å². The molecule has 19 heavy (non-hydrogen) atoms. The van der Waals surface area contributed by atoms with Crippen molar-refractivity contribution in [1.29, 1.82) is 0 Å². The van der Waals surface area contributed by atoms with Crippen molar-refractivity contribution in [2.24, 2.45) is 0 Å². The molecule has 1 saturated heterocycles. The first kappa shape index (κ1) is 14.7. The summed E-state index contributed by atoms with van der Waals surface area (Å²) in [5.41, 5.74) is 2.09. The zero-order valence-corrected chi connectivity index (χ0v) is 13.0. The Labute approximate surface area is 120 Å². The molecule has 0 radical (unpaired) electrons. The van der Waals surface area contributed by atoms with Crippen LogP contribution in [0.15, 0.2) is 0 Å². The Morgan fingerprint density at radius 2 is 2.00 bits per heavy atom. The molecule has 1 atom stereocenters. The molecule has 1 unspecified atom stereocenters. The summed E-state index contributed by atoms with van der Waals surface area (Å²) in [4.78, 5) is 13.9. The Kier molecular flexibility index (Phi) is 4.76. The fraction of sp³-hybridized carbons (Fsp3) is 0.714. The Bertz CT molecular complexity index is 449. The van der Waals surface area contributed by atoms with Crippen LogP contribution in [-0.4, -0.2) is 59.5 Å². The molecule has 2 heterocycles. The van der Waals surface area contributed by atoms with Gasteiger partial charge in [-0.05, 0) is 27.4 Å². The molecule has 0 bridgehead atoms. The summed E-state index contributed by atoms with van der Waals surface area (Å²) in [5, 5.41) is 0.605. The third-order valence-electron chi connectivity index (χ3n) is 3.97. The summed E-state index contributed by atoms with van der Waals surface area (Å²) in [7, 11) is 4.34. The molecule has 1 aliphatic heterocycles. The molecule has 0 saturated carbocycles. The zero-order valence-electron chi connectivity index (χ0n) is 12.3. The summed E-state index contributed by atoms with van der Waals surface area (Å²) in [6.45, 7) is 7.39. The molecular weight excluding hydrogens is 260 g/mol. The highest BCUT2D eigenvalue weighted by Gasteiger charge is 2.23. The molecule has 2 rings (SSSR count). The Morgan fingerprint density at radius 1 is 1.26 bits per heavy atom. The molecule has 1 aromatic rings. The molecule has 5 heteroatoms. The smallest absolute Gasteiger partial charge is 0.135 e. The fourth-order valence-corrected chi connectivity index (χ4v) is 2.76. The molecule has 106 valence electrons. The van der Waals surface area contributed by atoms with Crippen LogP contribution >= 0.6 is 11.6 Å². The average molecular weight is 283 g/mol.